The fourth-order valence-corrected chi connectivity index (χ4v) is 3.75. The number of rotatable bonds is 5. The molecular weight excluding hydrogens is 346 g/mol. The van der Waals surface area contributed by atoms with Crippen LogP contribution in [0.15, 0.2) is 36.9 Å². The number of nitrogens with zero attached hydrogens (tertiary/aromatic N) is 5. The summed E-state index contributed by atoms with van der Waals surface area (Å²) in [5.74, 6) is 1.17. The number of pyridine rings is 1. The summed E-state index contributed by atoms with van der Waals surface area (Å²) >= 11 is 0. The van der Waals surface area contributed by atoms with E-state index >= 15 is 0 Å². The Hall–Kier alpha value is -2.90. The lowest BCUT2D eigenvalue weighted by Crippen LogP contribution is -2.45. The first-order valence-electron chi connectivity index (χ1n) is 9.30. The van der Waals surface area contributed by atoms with Crippen LogP contribution in [0.4, 0.5) is 4.79 Å². The minimum absolute atomic E-state index is 0.0242. The van der Waals surface area contributed by atoms with Crippen molar-refractivity contribution in [3.05, 3.63) is 48.3 Å². The fourth-order valence-electron chi connectivity index (χ4n) is 3.75. The van der Waals surface area contributed by atoms with E-state index in [1.807, 2.05) is 35.6 Å². The first-order valence-corrected chi connectivity index (χ1v) is 9.30. The molecule has 2 fully saturated rings. The predicted octanol–water partition coefficient (Wildman–Crippen LogP) is 1.48. The summed E-state index contributed by atoms with van der Waals surface area (Å²) in [6.45, 7) is 3.01. The Morgan fingerprint density at radius 3 is 3.00 bits per heavy atom. The molecule has 0 spiro atoms. The van der Waals surface area contributed by atoms with E-state index in [-0.39, 0.29) is 18.4 Å². The van der Waals surface area contributed by atoms with Crippen molar-refractivity contribution in [2.24, 2.45) is 0 Å². The third-order valence-electron chi connectivity index (χ3n) is 5.13. The number of cyclic esters (lactones) is 1. The number of carbonyl (C=O) groups is 2. The molecule has 4 rings (SSSR count). The molecule has 2 aliphatic rings. The largest absolute Gasteiger partial charge is 0.448 e. The summed E-state index contributed by atoms with van der Waals surface area (Å²) in [7, 11) is 0. The third-order valence-corrected chi connectivity index (χ3v) is 5.13. The molecule has 2 aromatic rings. The highest BCUT2D eigenvalue weighted by atomic mass is 16.6. The standard InChI is InChI=1S/C19H23N5O3/c25-17(14-24-9-10-27-19(24)26)22-7-2-4-16(13-22)18-21-6-8-23(18)12-15-3-1-5-20-11-15/h1,3,5-6,8,11,16H,2,4,7,9-10,12-14H2. The van der Waals surface area contributed by atoms with E-state index in [2.05, 4.69) is 14.5 Å². The van der Waals surface area contributed by atoms with Crippen molar-refractivity contribution in [2.45, 2.75) is 25.3 Å². The zero-order valence-corrected chi connectivity index (χ0v) is 15.2. The number of hydrogen-bond acceptors (Lipinski definition) is 5. The number of ether oxygens (including phenoxy) is 1. The molecule has 2 saturated heterocycles. The molecule has 8 heteroatoms. The number of likely N-dealkylation sites (tertiary alicyclic amines) is 1. The highest BCUT2D eigenvalue weighted by molar-refractivity contribution is 5.83. The van der Waals surface area contributed by atoms with Gasteiger partial charge in [0.15, 0.2) is 0 Å². The van der Waals surface area contributed by atoms with Crippen LogP contribution in [0.2, 0.25) is 0 Å². The van der Waals surface area contributed by atoms with Crippen molar-refractivity contribution in [3.63, 3.8) is 0 Å². The Balaban J connectivity index is 1.42. The molecular formula is C19H23N5O3. The Bertz CT molecular complexity index is 807. The average molecular weight is 369 g/mol. The van der Waals surface area contributed by atoms with E-state index in [1.165, 1.54) is 4.90 Å². The number of piperidine rings is 1. The molecule has 8 nitrogen and oxygen atoms in total. The summed E-state index contributed by atoms with van der Waals surface area (Å²) in [4.78, 5) is 36.3. The van der Waals surface area contributed by atoms with Crippen LogP contribution in [0, 0.1) is 0 Å². The van der Waals surface area contributed by atoms with Gasteiger partial charge in [0.25, 0.3) is 0 Å². The molecule has 2 amide bonds. The molecule has 1 unspecified atom stereocenters. The van der Waals surface area contributed by atoms with Crippen molar-refractivity contribution in [1.82, 2.24) is 24.3 Å². The van der Waals surface area contributed by atoms with Crippen molar-refractivity contribution in [1.29, 1.82) is 0 Å². The average Bonchev–Trinajstić information content (AvgIpc) is 3.32. The molecule has 0 bridgehead atoms. The Labute approximate surface area is 157 Å². The van der Waals surface area contributed by atoms with E-state index in [1.54, 1.807) is 6.20 Å². The van der Waals surface area contributed by atoms with Gasteiger partial charge in [0.1, 0.15) is 19.0 Å². The molecule has 142 valence electrons. The van der Waals surface area contributed by atoms with Crippen molar-refractivity contribution < 1.29 is 14.3 Å². The first kappa shape index (κ1) is 17.5. The lowest BCUT2D eigenvalue weighted by molar-refractivity contribution is -0.133. The Kier molecular flexibility index (Phi) is 5.04. The van der Waals surface area contributed by atoms with Crippen LogP contribution in [-0.4, -0.2) is 69.1 Å². The van der Waals surface area contributed by atoms with Gasteiger partial charge in [-0.15, -0.1) is 0 Å². The van der Waals surface area contributed by atoms with Gasteiger partial charge in [0, 0.05) is 43.8 Å². The van der Waals surface area contributed by atoms with Crippen molar-refractivity contribution in [3.8, 4) is 0 Å². The maximum absolute atomic E-state index is 12.6. The second kappa shape index (κ2) is 7.77. The minimum Gasteiger partial charge on any atom is -0.448 e. The second-order valence-electron chi connectivity index (χ2n) is 6.99. The van der Waals surface area contributed by atoms with Crippen molar-refractivity contribution >= 4 is 12.0 Å². The molecule has 1 atom stereocenters. The smallest absolute Gasteiger partial charge is 0.410 e. The molecule has 4 heterocycles. The molecule has 2 aliphatic heterocycles. The molecule has 0 aromatic carbocycles. The summed E-state index contributed by atoms with van der Waals surface area (Å²) in [6, 6.07) is 3.97. The molecule has 27 heavy (non-hydrogen) atoms. The van der Waals surface area contributed by atoms with Gasteiger partial charge < -0.3 is 14.2 Å². The normalized spacial score (nSPS) is 20.0. The van der Waals surface area contributed by atoms with Crippen molar-refractivity contribution in [2.75, 3.05) is 32.8 Å². The van der Waals surface area contributed by atoms with Crippen LogP contribution in [0.25, 0.3) is 0 Å². The highest BCUT2D eigenvalue weighted by Gasteiger charge is 2.30. The van der Waals surface area contributed by atoms with Crippen LogP contribution < -0.4 is 0 Å². The van der Waals surface area contributed by atoms with Gasteiger partial charge in [-0.2, -0.15) is 0 Å². The minimum atomic E-state index is -0.399. The summed E-state index contributed by atoms with van der Waals surface area (Å²) < 4.78 is 7.04. The van der Waals surface area contributed by atoms with Gasteiger partial charge in [-0.25, -0.2) is 9.78 Å². The van der Waals surface area contributed by atoms with E-state index in [9.17, 15) is 9.59 Å². The van der Waals surface area contributed by atoms with Gasteiger partial charge in [0.2, 0.25) is 5.91 Å². The van der Waals surface area contributed by atoms with Crippen LogP contribution >= 0.6 is 0 Å². The number of aromatic nitrogens is 3. The number of hydrogen-bond donors (Lipinski definition) is 0. The van der Waals surface area contributed by atoms with Crippen LogP contribution in [-0.2, 0) is 16.1 Å². The lowest BCUT2D eigenvalue weighted by atomic mass is 9.97. The molecule has 0 aliphatic carbocycles. The Morgan fingerprint density at radius 1 is 1.30 bits per heavy atom. The lowest BCUT2D eigenvalue weighted by Gasteiger charge is -2.33. The molecule has 0 N–H and O–H groups in total. The van der Waals surface area contributed by atoms with E-state index < -0.39 is 6.09 Å². The van der Waals surface area contributed by atoms with E-state index in [4.69, 9.17) is 4.74 Å². The van der Waals surface area contributed by atoms with Crippen LogP contribution in [0.5, 0.6) is 0 Å². The predicted molar refractivity (Wildman–Crippen MR) is 97.0 cm³/mol. The van der Waals surface area contributed by atoms with Gasteiger partial charge in [-0.1, -0.05) is 6.07 Å². The van der Waals surface area contributed by atoms with Crippen LogP contribution in [0.3, 0.4) is 0 Å². The summed E-state index contributed by atoms with van der Waals surface area (Å²) in [5, 5.41) is 0. The third kappa shape index (κ3) is 3.94. The zero-order valence-electron chi connectivity index (χ0n) is 15.2. The molecule has 0 radical (unpaired) electrons. The second-order valence-corrected chi connectivity index (χ2v) is 6.99. The van der Waals surface area contributed by atoms with Gasteiger partial charge in [-0.3, -0.25) is 14.7 Å². The quantitative estimate of drug-likeness (QED) is 0.798. The van der Waals surface area contributed by atoms with Gasteiger partial charge >= 0.3 is 6.09 Å². The summed E-state index contributed by atoms with van der Waals surface area (Å²) in [6.07, 6.45) is 8.94. The number of imidazole rings is 1. The first-order chi connectivity index (χ1) is 13.2. The molecule has 2 aromatic heterocycles. The van der Waals surface area contributed by atoms with E-state index in [0.717, 1.165) is 30.8 Å². The Morgan fingerprint density at radius 2 is 2.22 bits per heavy atom. The maximum atomic E-state index is 12.6. The molecule has 0 saturated carbocycles. The SMILES string of the molecule is O=C(CN1CCOC1=O)N1CCCC(c2nccn2Cc2cccnc2)C1. The fraction of sp³-hybridized carbons (Fsp3) is 0.474. The van der Waals surface area contributed by atoms with E-state index in [0.29, 0.717) is 26.2 Å². The highest BCUT2D eigenvalue weighted by Crippen LogP contribution is 2.26. The number of carbonyl (C=O) groups excluding carboxylic acids is 2. The van der Waals surface area contributed by atoms with Crippen LogP contribution in [0.1, 0.15) is 30.1 Å². The summed E-state index contributed by atoms with van der Waals surface area (Å²) in [5.41, 5.74) is 1.12. The maximum Gasteiger partial charge on any atom is 0.410 e. The van der Waals surface area contributed by atoms with Gasteiger partial charge in [0.05, 0.1) is 13.1 Å². The monoisotopic (exact) mass is 369 g/mol. The topological polar surface area (TPSA) is 80.6 Å². The zero-order chi connectivity index (χ0) is 18.6. The van der Waals surface area contributed by atoms with Gasteiger partial charge in [-0.05, 0) is 24.5 Å². The number of amides is 2.